The molecule has 2 aromatic carbocycles. The number of furan rings is 1. The summed E-state index contributed by atoms with van der Waals surface area (Å²) in [7, 11) is 0. The number of hydrogen-bond donors (Lipinski definition) is 0. The quantitative estimate of drug-likeness (QED) is 0.546. The minimum Gasteiger partial charge on any atom is -0.622 e. The van der Waals surface area contributed by atoms with Gasteiger partial charge in [0.1, 0.15) is 6.54 Å². The van der Waals surface area contributed by atoms with Crippen LogP contribution in [0.2, 0.25) is 0 Å². The fraction of sp³-hybridized carbons (Fsp3) is 0.105. The summed E-state index contributed by atoms with van der Waals surface area (Å²) in [5.74, 6) is 0.700. The molecule has 3 aromatic rings. The van der Waals surface area contributed by atoms with Crippen molar-refractivity contribution in [1.29, 1.82) is 0 Å². The summed E-state index contributed by atoms with van der Waals surface area (Å²) in [5, 5.41) is 13.0. The second-order valence-electron chi connectivity index (χ2n) is 5.50. The number of benzene rings is 2. The molecule has 0 fully saturated rings. The van der Waals surface area contributed by atoms with Gasteiger partial charge in [0.15, 0.2) is 0 Å². The number of anilines is 1. The van der Waals surface area contributed by atoms with Crippen LogP contribution >= 0.6 is 0 Å². The van der Waals surface area contributed by atoms with Crippen LogP contribution in [0, 0.1) is 5.21 Å². The molecule has 0 saturated heterocycles. The molecule has 1 aliphatic rings. The van der Waals surface area contributed by atoms with Crippen molar-refractivity contribution in [2.45, 2.75) is 6.17 Å². The van der Waals surface area contributed by atoms with Gasteiger partial charge in [0, 0.05) is 17.2 Å². The number of hydrogen-bond acceptors (Lipinski definition) is 3. The lowest BCUT2D eigenvalue weighted by Crippen LogP contribution is -2.27. The Labute approximate surface area is 134 Å². The molecule has 1 unspecified atom stereocenters. The van der Waals surface area contributed by atoms with E-state index in [0.29, 0.717) is 12.4 Å². The van der Waals surface area contributed by atoms with Gasteiger partial charge in [-0.1, -0.05) is 48.5 Å². The molecule has 0 spiro atoms. The lowest BCUT2D eigenvalue weighted by molar-refractivity contribution is -0.497. The van der Waals surface area contributed by atoms with Crippen molar-refractivity contribution in [3.05, 3.63) is 95.4 Å². The van der Waals surface area contributed by atoms with Crippen LogP contribution in [0.5, 0.6) is 0 Å². The van der Waals surface area contributed by atoms with Crippen molar-refractivity contribution in [2.24, 2.45) is 0 Å². The second-order valence-corrected chi connectivity index (χ2v) is 5.50. The van der Waals surface area contributed by atoms with E-state index in [1.54, 1.807) is 6.26 Å². The van der Waals surface area contributed by atoms with E-state index in [2.05, 4.69) is 0 Å². The highest BCUT2D eigenvalue weighted by Crippen LogP contribution is 2.33. The maximum Gasteiger partial charge on any atom is 0.268 e. The summed E-state index contributed by atoms with van der Waals surface area (Å²) in [5.41, 5.74) is 2.64. The van der Waals surface area contributed by atoms with Crippen molar-refractivity contribution in [3.63, 3.8) is 0 Å². The fourth-order valence-corrected chi connectivity index (χ4v) is 3.01. The van der Waals surface area contributed by atoms with Gasteiger partial charge in [0.05, 0.1) is 6.26 Å². The first kappa shape index (κ1) is 13.6. The van der Waals surface area contributed by atoms with Gasteiger partial charge < -0.3 is 9.62 Å². The lowest BCUT2D eigenvalue weighted by atomic mass is 10.1. The van der Waals surface area contributed by atoms with Crippen LogP contribution in [-0.2, 0) is 0 Å². The summed E-state index contributed by atoms with van der Waals surface area (Å²) in [4.78, 5) is 1.99. The largest absolute Gasteiger partial charge is 0.622 e. The standard InChI is InChI=1S/C19H16N2O2/c22-21-17(15-8-3-1-4-9-15)14-20(18-12-7-13-23-18)19(21)16-10-5-2-6-11-16/h1-13,19H,14H2. The summed E-state index contributed by atoms with van der Waals surface area (Å²) in [6.07, 6.45) is 1.21. The van der Waals surface area contributed by atoms with Crippen LogP contribution in [0.3, 0.4) is 0 Å². The van der Waals surface area contributed by atoms with Crippen molar-refractivity contribution >= 4 is 11.6 Å². The average molecular weight is 304 g/mol. The van der Waals surface area contributed by atoms with Gasteiger partial charge in [-0.25, -0.2) is 0 Å². The van der Waals surface area contributed by atoms with Gasteiger partial charge in [0.2, 0.25) is 11.6 Å². The smallest absolute Gasteiger partial charge is 0.268 e. The molecule has 0 bridgehead atoms. The predicted molar refractivity (Wildman–Crippen MR) is 89.4 cm³/mol. The molecule has 114 valence electrons. The first-order valence-corrected chi connectivity index (χ1v) is 7.57. The molecule has 1 atom stereocenters. The van der Waals surface area contributed by atoms with Gasteiger partial charge in [-0.05, 0) is 18.2 Å². The van der Waals surface area contributed by atoms with Crippen LogP contribution in [0.15, 0.2) is 83.5 Å². The Morgan fingerprint density at radius 3 is 2.26 bits per heavy atom. The third-order valence-electron chi connectivity index (χ3n) is 4.10. The molecule has 4 rings (SSSR count). The summed E-state index contributed by atoms with van der Waals surface area (Å²) in [6.45, 7) is 0.514. The molecule has 1 aromatic heterocycles. The highest BCUT2D eigenvalue weighted by atomic mass is 16.5. The van der Waals surface area contributed by atoms with E-state index in [4.69, 9.17) is 4.42 Å². The molecule has 0 saturated carbocycles. The Balaban J connectivity index is 1.82. The lowest BCUT2D eigenvalue weighted by Gasteiger charge is -2.21. The molecular formula is C19H16N2O2. The Morgan fingerprint density at radius 1 is 0.913 bits per heavy atom. The summed E-state index contributed by atoms with van der Waals surface area (Å²) >= 11 is 0. The van der Waals surface area contributed by atoms with Crippen LogP contribution in [0.4, 0.5) is 5.88 Å². The molecule has 0 radical (unpaired) electrons. The fourth-order valence-electron chi connectivity index (χ4n) is 3.01. The van der Waals surface area contributed by atoms with E-state index in [-0.39, 0.29) is 0 Å². The highest BCUT2D eigenvalue weighted by Gasteiger charge is 2.40. The Morgan fingerprint density at radius 2 is 1.61 bits per heavy atom. The molecule has 0 aliphatic carbocycles. The topological polar surface area (TPSA) is 42.5 Å². The van der Waals surface area contributed by atoms with Crippen molar-refractivity contribution in [3.8, 4) is 0 Å². The van der Waals surface area contributed by atoms with Crippen LogP contribution in [0.25, 0.3) is 0 Å². The Hall–Kier alpha value is -3.01. The summed E-state index contributed by atoms with van der Waals surface area (Å²) in [6, 6.07) is 23.3. The normalized spacial score (nSPS) is 17.7. The van der Waals surface area contributed by atoms with Crippen molar-refractivity contribution in [2.75, 3.05) is 11.4 Å². The van der Waals surface area contributed by atoms with Gasteiger partial charge in [0.25, 0.3) is 6.17 Å². The third-order valence-corrected chi connectivity index (χ3v) is 4.10. The minimum atomic E-state index is -0.419. The van der Waals surface area contributed by atoms with Gasteiger partial charge >= 0.3 is 0 Å². The number of nitrogens with zero attached hydrogens (tertiary/aromatic N) is 2. The molecule has 4 heteroatoms. The summed E-state index contributed by atoms with van der Waals surface area (Å²) < 4.78 is 6.64. The van der Waals surface area contributed by atoms with E-state index >= 15 is 0 Å². The zero-order chi connectivity index (χ0) is 15.6. The number of rotatable bonds is 3. The van der Waals surface area contributed by atoms with Crippen molar-refractivity contribution < 1.29 is 9.16 Å². The van der Waals surface area contributed by atoms with E-state index in [0.717, 1.165) is 21.6 Å². The molecule has 23 heavy (non-hydrogen) atoms. The molecule has 1 aliphatic heterocycles. The first-order valence-electron chi connectivity index (χ1n) is 7.57. The third kappa shape index (κ3) is 2.38. The zero-order valence-electron chi connectivity index (χ0n) is 12.5. The van der Waals surface area contributed by atoms with Gasteiger partial charge in [-0.15, -0.1) is 0 Å². The van der Waals surface area contributed by atoms with E-state index in [9.17, 15) is 5.21 Å². The molecule has 4 nitrogen and oxygen atoms in total. The predicted octanol–water partition coefficient (Wildman–Crippen LogP) is 3.80. The average Bonchev–Trinajstić information content (AvgIpc) is 3.24. The zero-order valence-corrected chi connectivity index (χ0v) is 12.5. The first-order chi connectivity index (χ1) is 11.3. The molecular weight excluding hydrogens is 288 g/mol. The highest BCUT2D eigenvalue weighted by molar-refractivity contribution is 6.01. The number of hydroxylamine groups is 1. The SMILES string of the molecule is [O-][N+]1=C(c2ccccc2)CN(c2ccco2)C1c1ccccc1. The molecule has 0 amide bonds. The van der Waals surface area contributed by atoms with Crippen molar-refractivity contribution in [1.82, 2.24) is 0 Å². The van der Waals surface area contributed by atoms with Crippen LogP contribution < -0.4 is 4.90 Å². The maximum absolute atomic E-state index is 13.0. The monoisotopic (exact) mass is 304 g/mol. The van der Waals surface area contributed by atoms with Gasteiger partial charge in [-0.3, -0.25) is 4.90 Å². The van der Waals surface area contributed by atoms with Gasteiger partial charge in [-0.2, -0.15) is 4.74 Å². The van der Waals surface area contributed by atoms with E-state index < -0.39 is 6.17 Å². The second kappa shape index (κ2) is 5.65. The minimum absolute atomic E-state index is 0.419. The van der Waals surface area contributed by atoms with Crippen LogP contribution in [0.1, 0.15) is 17.3 Å². The molecule has 2 heterocycles. The van der Waals surface area contributed by atoms with E-state index in [1.165, 1.54) is 0 Å². The maximum atomic E-state index is 13.0. The Kier molecular flexibility index (Phi) is 3.35. The molecule has 0 N–H and O–H groups in total. The Bertz CT molecular complexity index is 811. The van der Waals surface area contributed by atoms with E-state index in [1.807, 2.05) is 77.7 Å². The van der Waals surface area contributed by atoms with Crippen LogP contribution in [-0.4, -0.2) is 17.0 Å².